The van der Waals surface area contributed by atoms with Crippen LogP contribution in [0.5, 0.6) is 0 Å². The van der Waals surface area contributed by atoms with Crippen LogP contribution < -0.4 is 10.6 Å². The van der Waals surface area contributed by atoms with Gasteiger partial charge in [0.15, 0.2) is 0 Å². The lowest BCUT2D eigenvalue weighted by molar-refractivity contribution is -0.121. The summed E-state index contributed by atoms with van der Waals surface area (Å²) in [5, 5.41) is 6.23. The van der Waals surface area contributed by atoms with E-state index < -0.39 is 6.04 Å². The highest BCUT2D eigenvalue weighted by atomic mass is 35.5. The number of halogens is 1. The third-order valence-electron chi connectivity index (χ3n) is 5.01. The second-order valence-corrected chi connectivity index (χ2v) is 7.19. The number of piperidine rings is 1. The van der Waals surface area contributed by atoms with Crippen molar-refractivity contribution in [3.05, 3.63) is 64.7 Å². The molecule has 1 fully saturated rings. The van der Waals surface area contributed by atoms with Crippen molar-refractivity contribution in [1.29, 1.82) is 0 Å². The van der Waals surface area contributed by atoms with Gasteiger partial charge in [0.25, 0.3) is 11.8 Å². The first-order chi connectivity index (χ1) is 13.0. The van der Waals surface area contributed by atoms with Crippen LogP contribution in [0.1, 0.15) is 33.6 Å². The quantitative estimate of drug-likeness (QED) is 0.836. The molecule has 0 radical (unpaired) electrons. The van der Waals surface area contributed by atoms with Gasteiger partial charge in [-0.2, -0.15) is 0 Å². The van der Waals surface area contributed by atoms with Gasteiger partial charge in [0.05, 0.1) is 11.3 Å². The van der Waals surface area contributed by atoms with Gasteiger partial charge in [-0.15, -0.1) is 0 Å². The summed E-state index contributed by atoms with van der Waals surface area (Å²) in [6.45, 7) is 0.402. The molecule has 2 aromatic carbocycles. The highest BCUT2D eigenvalue weighted by Crippen LogP contribution is 2.30. The Morgan fingerprint density at radius 1 is 1.15 bits per heavy atom. The Balaban J connectivity index is 1.52. The Morgan fingerprint density at radius 2 is 1.93 bits per heavy atom. The van der Waals surface area contributed by atoms with Crippen LogP contribution in [-0.2, 0) is 4.79 Å². The number of hydrogen-bond donors (Lipinski definition) is 2. The standard InChI is InChI=1S/C20H18ClN3O3/c21-13-6-7-15-16(10-13)23-19(26)17-11-14(8-9-24(17)20(15)27)22-18(25)12-4-2-1-3-5-12/h1-7,10,14,17H,8-9,11H2,(H,22,25)(H,23,26)/t14-,17+/m1/s1. The summed E-state index contributed by atoms with van der Waals surface area (Å²) in [5.74, 6) is -0.634. The van der Waals surface area contributed by atoms with Gasteiger partial charge in [-0.1, -0.05) is 29.8 Å². The highest BCUT2D eigenvalue weighted by molar-refractivity contribution is 6.31. The maximum atomic E-state index is 12.9. The van der Waals surface area contributed by atoms with Crippen molar-refractivity contribution in [1.82, 2.24) is 10.2 Å². The third kappa shape index (κ3) is 3.40. The SMILES string of the molecule is O=C(N[C@@H]1CCN2C(=O)c3ccc(Cl)cc3NC(=O)[C@@H]2C1)c1ccccc1. The first kappa shape index (κ1) is 17.5. The summed E-state index contributed by atoms with van der Waals surface area (Å²) in [6.07, 6.45) is 0.967. The molecular formula is C20H18ClN3O3. The maximum Gasteiger partial charge on any atom is 0.256 e. The monoisotopic (exact) mass is 383 g/mol. The Morgan fingerprint density at radius 3 is 2.70 bits per heavy atom. The van der Waals surface area contributed by atoms with Crippen molar-refractivity contribution in [3.63, 3.8) is 0 Å². The molecule has 3 amide bonds. The van der Waals surface area contributed by atoms with Gasteiger partial charge in [-0.3, -0.25) is 14.4 Å². The summed E-state index contributed by atoms with van der Waals surface area (Å²) in [5.41, 5.74) is 1.43. The van der Waals surface area contributed by atoms with Crippen molar-refractivity contribution in [2.45, 2.75) is 24.9 Å². The van der Waals surface area contributed by atoms with Crippen LogP contribution >= 0.6 is 11.6 Å². The fourth-order valence-corrected chi connectivity index (χ4v) is 3.80. The molecule has 138 valence electrons. The Hall–Kier alpha value is -2.86. The normalized spacial score (nSPS) is 21.6. The number of carbonyl (C=O) groups is 3. The third-order valence-corrected chi connectivity index (χ3v) is 5.24. The molecule has 2 aliphatic heterocycles. The molecule has 0 aromatic heterocycles. The molecule has 2 N–H and O–H groups in total. The number of fused-ring (bicyclic) bond motifs is 2. The average Bonchev–Trinajstić information content (AvgIpc) is 2.77. The number of hydrogen-bond acceptors (Lipinski definition) is 3. The second-order valence-electron chi connectivity index (χ2n) is 6.75. The second kappa shape index (κ2) is 7.04. The molecule has 2 atom stereocenters. The molecule has 0 aliphatic carbocycles. The Labute approximate surface area is 161 Å². The molecule has 7 heteroatoms. The van der Waals surface area contributed by atoms with Crippen LogP contribution in [0.3, 0.4) is 0 Å². The fraction of sp³-hybridized carbons (Fsp3) is 0.250. The lowest BCUT2D eigenvalue weighted by Crippen LogP contribution is -2.55. The number of nitrogens with zero attached hydrogens (tertiary/aromatic N) is 1. The molecule has 0 bridgehead atoms. The minimum Gasteiger partial charge on any atom is -0.349 e. The van der Waals surface area contributed by atoms with Crippen LogP contribution in [0.4, 0.5) is 5.69 Å². The number of benzene rings is 2. The first-order valence-corrected chi connectivity index (χ1v) is 9.18. The lowest BCUT2D eigenvalue weighted by atomic mass is 9.95. The molecule has 2 aliphatic rings. The maximum absolute atomic E-state index is 12.9. The summed E-state index contributed by atoms with van der Waals surface area (Å²) in [4.78, 5) is 39.6. The van der Waals surface area contributed by atoms with Gasteiger partial charge in [-0.25, -0.2) is 0 Å². The largest absolute Gasteiger partial charge is 0.349 e. The number of amides is 3. The number of nitrogens with one attached hydrogen (secondary N) is 2. The van der Waals surface area contributed by atoms with Crippen molar-refractivity contribution in [2.75, 3.05) is 11.9 Å². The zero-order chi connectivity index (χ0) is 19.0. The highest BCUT2D eigenvalue weighted by Gasteiger charge is 2.40. The molecule has 0 unspecified atom stereocenters. The molecule has 2 heterocycles. The minimum absolute atomic E-state index is 0.176. The van der Waals surface area contributed by atoms with Gasteiger partial charge in [0.2, 0.25) is 5.91 Å². The fourth-order valence-electron chi connectivity index (χ4n) is 3.62. The molecule has 6 nitrogen and oxygen atoms in total. The van der Waals surface area contributed by atoms with E-state index in [0.717, 1.165) is 0 Å². The Bertz CT molecular complexity index is 916. The van der Waals surface area contributed by atoms with Gasteiger partial charge in [0, 0.05) is 23.2 Å². The van der Waals surface area contributed by atoms with E-state index in [-0.39, 0.29) is 23.8 Å². The van der Waals surface area contributed by atoms with Gasteiger partial charge < -0.3 is 15.5 Å². The van der Waals surface area contributed by atoms with E-state index in [1.54, 1.807) is 47.4 Å². The van der Waals surface area contributed by atoms with Gasteiger partial charge in [0.1, 0.15) is 6.04 Å². The summed E-state index contributed by atoms with van der Waals surface area (Å²) in [6, 6.07) is 13.0. The van der Waals surface area contributed by atoms with E-state index in [1.807, 2.05) is 6.07 Å². The van der Waals surface area contributed by atoms with Crippen LogP contribution in [0.15, 0.2) is 48.5 Å². The van der Waals surface area contributed by atoms with Gasteiger partial charge >= 0.3 is 0 Å². The lowest BCUT2D eigenvalue weighted by Gasteiger charge is -2.37. The van der Waals surface area contributed by atoms with E-state index in [4.69, 9.17) is 11.6 Å². The predicted molar refractivity (Wildman–Crippen MR) is 102 cm³/mol. The first-order valence-electron chi connectivity index (χ1n) is 8.80. The molecule has 1 saturated heterocycles. The van der Waals surface area contributed by atoms with E-state index in [2.05, 4.69) is 10.6 Å². The summed E-state index contributed by atoms with van der Waals surface area (Å²) >= 11 is 5.99. The number of anilines is 1. The molecule has 2 aromatic rings. The number of carbonyl (C=O) groups excluding carboxylic acids is 3. The zero-order valence-corrected chi connectivity index (χ0v) is 15.2. The van der Waals surface area contributed by atoms with Crippen LogP contribution in [-0.4, -0.2) is 41.2 Å². The predicted octanol–water partition coefficient (Wildman–Crippen LogP) is 2.70. The van der Waals surface area contributed by atoms with E-state index in [1.165, 1.54) is 0 Å². The van der Waals surface area contributed by atoms with Crippen LogP contribution in [0, 0.1) is 0 Å². The van der Waals surface area contributed by atoms with Crippen LogP contribution in [0.25, 0.3) is 0 Å². The molecule has 0 spiro atoms. The average molecular weight is 384 g/mol. The molecule has 0 saturated carbocycles. The van der Waals surface area contributed by atoms with E-state index >= 15 is 0 Å². The topological polar surface area (TPSA) is 78.5 Å². The smallest absolute Gasteiger partial charge is 0.256 e. The minimum atomic E-state index is -0.626. The van der Waals surface area contributed by atoms with Crippen molar-refractivity contribution in [2.24, 2.45) is 0 Å². The summed E-state index contributed by atoms with van der Waals surface area (Å²) < 4.78 is 0. The van der Waals surface area contributed by atoms with Gasteiger partial charge in [-0.05, 0) is 43.2 Å². The van der Waals surface area contributed by atoms with E-state index in [9.17, 15) is 14.4 Å². The zero-order valence-electron chi connectivity index (χ0n) is 14.4. The molecular weight excluding hydrogens is 366 g/mol. The Kier molecular flexibility index (Phi) is 4.58. The van der Waals surface area contributed by atoms with Crippen molar-refractivity contribution >= 4 is 35.0 Å². The van der Waals surface area contributed by atoms with Crippen molar-refractivity contribution in [3.8, 4) is 0 Å². The van der Waals surface area contributed by atoms with Crippen molar-refractivity contribution < 1.29 is 14.4 Å². The van der Waals surface area contributed by atoms with Crippen LogP contribution in [0.2, 0.25) is 5.02 Å². The molecule has 4 rings (SSSR count). The van der Waals surface area contributed by atoms with E-state index in [0.29, 0.717) is 41.2 Å². The molecule has 27 heavy (non-hydrogen) atoms. The summed E-state index contributed by atoms with van der Waals surface area (Å²) in [7, 11) is 0. The number of rotatable bonds is 2.